The standard InChI is InChI=1S/C15H17F3O/c1-13(2)8-11-12-9(7-14(11,3)19-13)5-4-6-10(12)15(16,17)18/h4-6,11H,7-8H2,1-3H3/t11-,14+/m1/s1. The molecule has 0 unspecified atom stereocenters. The molecule has 0 spiro atoms. The normalized spacial score (nSPS) is 32.2. The maximum Gasteiger partial charge on any atom is 0.416 e. The van der Waals surface area contributed by atoms with Crippen LogP contribution in [0.25, 0.3) is 0 Å². The van der Waals surface area contributed by atoms with E-state index in [4.69, 9.17) is 4.74 Å². The Morgan fingerprint density at radius 3 is 2.53 bits per heavy atom. The second-order valence-corrected chi connectivity index (χ2v) is 6.48. The largest absolute Gasteiger partial charge is 0.416 e. The Morgan fingerprint density at radius 2 is 1.89 bits per heavy atom. The minimum absolute atomic E-state index is 0.157. The Labute approximate surface area is 110 Å². The summed E-state index contributed by atoms with van der Waals surface area (Å²) in [5, 5.41) is 0. The smallest absolute Gasteiger partial charge is 0.368 e. The fraction of sp³-hybridized carbons (Fsp3) is 0.600. The van der Waals surface area contributed by atoms with E-state index in [1.807, 2.05) is 20.8 Å². The van der Waals surface area contributed by atoms with Gasteiger partial charge in [-0.15, -0.1) is 0 Å². The number of ether oxygens (including phenoxy) is 1. The minimum Gasteiger partial charge on any atom is -0.368 e. The van der Waals surface area contributed by atoms with Crippen molar-refractivity contribution in [2.24, 2.45) is 0 Å². The molecule has 1 aromatic rings. The van der Waals surface area contributed by atoms with Gasteiger partial charge < -0.3 is 4.74 Å². The van der Waals surface area contributed by atoms with E-state index in [9.17, 15) is 13.2 Å². The van der Waals surface area contributed by atoms with Crippen LogP contribution in [0.5, 0.6) is 0 Å². The average molecular weight is 270 g/mol. The molecule has 0 amide bonds. The third kappa shape index (κ3) is 1.88. The summed E-state index contributed by atoms with van der Waals surface area (Å²) in [6.07, 6.45) is -3.08. The van der Waals surface area contributed by atoms with Crippen molar-refractivity contribution in [1.29, 1.82) is 0 Å². The Hall–Kier alpha value is -1.03. The molecule has 3 rings (SSSR count). The van der Waals surface area contributed by atoms with E-state index in [1.165, 1.54) is 12.1 Å². The zero-order valence-corrected chi connectivity index (χ0v) is 11.3. The third-order valence-electron chi connectivity index (χ3n) is 4.33. The summed E-state index contributed by atoms with van der Waals surface area (Å²) in [4.78, 5) is 0. The molecule has 4 heteroatoms. The Morgan fingerprint density at radius 1 is 1.21 bits per heavy atom. The molecule has 0 saturated carbocycles. The van der Waals surface area contributed by atoms with Gasteiger partial charge in [0.25, 0.3) is 0 Å². The molecule has 0 radical (unpaired) electrons. The lowest BCUT2D eigenvalue weighted by molar-refractivity contribution is -0.138. The number of halogens is 3. The zero-order valence-electron chi connectivity index (χ0n) is 11.3. The van der Waals surface area contributed by atoms with Gasteiger partial charge >= 0.3 is 6.18 Å². The number of rotatable bonds is 0. The Kier molecular flexibility index (Phi) is 2.42. The van der Waals surface area contributed by atoms with E-state index in [0.29, 0.717) is 18.4 Å². The van der Waals surface area contributed by atoms with Gasteiger partial charge in [-0.2, -0.15) is 13.2 Å². The van der Waals surface area contributed by atoms with E-state index in [0.717, 1.165) is 5.56 Å². The number of hydrogen-bond donors (Lipinski definition) is 0. The molecule has 1 nitrogen and oxygen atoms in total. The van der Waals surface area contributed by atoms with Gasteiger partial charge in [0.15, 0.2) is 0 Å². The number of fused-ring (bicyclic) bond motifs is 3. The summed E-state index contributed by atoms with van der Waals surface area (Å²) in [6.45, 7) is 5.84. The molecule has 1 aromatic carbocycles. The quantitative estimate of drug-likeness (QED) is 0.683. The van der Waals surface area contributed by atoms with Gasteiger partial charge in [0.1, 0.15) is 0 Å². The lowest BCUT2D eigenvalue weighted by atomic mass is 9.84. The van der Waals surface area contributed by atoms with Crippen LogP contribution in [0.2, 0.25) is 0 Å². The van der Waals surface area contributed by atoms with E-state index in [-0.39, 0.29) is 11.5 Å². The van der Waals surface area contributed by atoms with Gasteiger partial charge in [-0.3, -0.25) is 0 Å². The van der Waals surface area contributed by atoms with Crippen molar-refractivity contribution in [3.8, 4) is 0 Å². The lowest BCUT2D eigenvalue weighted by Gasteiger charge is -2.26. The molecule has 1 aliphatic carbocycles. The maximum absolute atomic E-state index is 13.2. The van der Waals surface area contributed by atoms with Crippen molar-refractivity contribution in [1.82, 2.24) is 0 Å². The predicted octanol–water partition coefficient (Wildman–Crippen LogP) is 4.30. The summed E-state index contributed by atoms with van der Waals surface area (Å²) >= 11 is 0. The molecule has 0 aromatic heterocycles. The first kappa shape index (κ1) is 13.0. The highest BCUT2D eigenvalue weighted by Crippen LogP contribution is 2.57. The van der Waals surface area contributed by atoms with Crippen molar-refractivity contribution in [3.05, 3.63) is 34.9 Å². The molecule has 104 valence electrons. The molecular formula is C15H17F3O. The summed E-state index contributed by atoms with van der Waals surface area (Å²) in [5.74, 6) is -0.157. The highest BCUT2D eigenvalue weighted by atomic mass is 19.4. The van der Waals surface area contributed by atoms with Crippen LogP contribution in [0.1, 0.15) is 49.8 Å². The van der Waals surface area contributed by atoms with Crippen molar-refractivity contribution < 1.29 is 17.9 Å². The molecule has 1 fully saturated rings. The van der Waals surface area contributed by atoms with E-state index < -0.39 is 17.3 Å². The monoisotopic (exact) mass is 270 g/mol. The van der Waals surface area contributed by atoms with E-state index >= 15 is 0 Å². The average Bonchev–Trinajstić information content (AvgIpc) is 2.60. The second-order valence-electron chi connectivity index (χ2n) is 6.48. The highest BCUT2D eigenvalue weighted by molar-refractivity contribution is 5.47. The first-order valence-corrected chi connectivity index (χ1v) is 6.52. The van der Waals surface area contributed by atoms with Crippen LogP contribution in [0.15, 0.2) is 18.2 Å². The van der Waals surface area contributed by atoms with Crippen molar-refractivity contribution in [2.75, 3.05) is 0 Å². The fourth-order valence-electron chi connectivity index (χ4n) is 3.82. The molecule has 2 atom stereocenters. The van der Waals surface area contributed by atoms with Crippen molar-refractivity contribution in [2.45, 2.75) is 56.9 Å². The zero-order chi connectivity index (χ0) is 14.1. The second kappa shape index (κ2) is 3.54. The van der Waals surface area contributed by atoms with Crippen LogP contribution in [0.3, 0.4) is 0 Å². The minimum atomic E-state index is -4.29. The van der Waals surface area contributed by atoms with Crippen molar-refractivity contribution >= 4 is 0 Å². The molecule has 1 heterocycles. The molecule has 0 bridgehead atoms. The van der Waals surface area contributed by atoms with Gasteiger partial charge in [0, 0.05) is 12.3 Å². The van der Waals surface area contributed by atoms with Gasteiger partial charge in [0.05, 0.1) is 16.8 Å². The molecular weight excluding hydrogens is 253 g/mol. The summed E-state index contributed by atoms with van der Waals surface area (Å²) in [5.41, 5.74) is -0.0795. The molecule has 19 heavy (non-hydrogen) atoms. The molecule has 2 aliphatic rings. The van der Waals surface area contributed by atoms with Gasteiger partial charge in [-0.05, 0) is 44.4 Å². The van der Waals surface area contributed by atoms with Crippen LogP contribution in [0.4, 0.5) is 13.2 Å². The van der Waals surface area contributed by atoms with Gasteiger partial charge in [0.2, 0.25) is 0 Å². The van der Waals surface area contributed by atoms with Crippen LogP contribution >= 0.6 is 0 Å². The first-order valence-electron chi connectivity index (χ1n) is 6.52. The summed E-state index contributed by atoms with van der Waals surface area (Å²) in [6, 6.07) is 4.48. The number of benzene rings is 1. The fourth-order valence-corrected chi connectivity index (χ4v) is 3.82. The van der Waals surface area contributed by atoms with Crippen LogP contribution in [-0.2, 0) is 17.3 Å². The van der Waals surface area contributed by atoms with Gasteiger partial charge in [-0.1, -0.05) is 12.1 Å². The van der Waals surface area contributed by atoms with E-state index in [2.05, 4.69) is 0 Å². The maximum atomic E-state index is 13.2. The molecule has 1 aliphatic heterocycles. The van der Waals surface area contributed by atoms with Crippen LogP contribution in [0, 0.1) is 0 Å². The van der Waals surface area contributed by atoms with Gasteiger partial charge in [-0.25, -0.2) is 0 Å². The summed E-state index contributed by atoms with van der Waals surface area (Å²) < 4.78 is 45.6. The highest BCUT2D eigenvalue weighted by Gasteiger charge is 2.56. The number of hydrogen-bond acceptors (Lipinski definition) is 1. The van der Waals surface area contributed by atoms with Crippen LogP contribution in [-0.4, -0.2) is 11.2 Å². The topological polar surface area (TPSA) is 9.23 Å². The SMILES string of the molecule is CC1(C)C[C@@H]2c3c(cccc3C(F)(F)F)C[C@]2(C)O1. The van der Waals surface area contributed by atoms with Crippen LogP contribution < -0.4 is 0 Å². The predicted molar refractivity (Wildman–Crippen MR) is 66.1 cm³/mol. The molecule has 1 saturated heterocycles. The number of alkyl halides is 3. The molecule has 0 N–H and O–H groups in total. The van der Waals surface area contributed by atoms with E-state index in [1.54, 1.807) is 6.07 Å². The summed E-state index contributed by atoms with van der Waals surface area (Å²) in [7, 11) is 0. The Bertz CT molecular complexity index is 533. The van der Waals surface area contributed by atoms with Crippen molar-refractivity contribution in [3.63, 3.8) is 0 Å². The Balaban J connectivity index is 2.15. The first-order chi connectivity index (χ1) is 8.62. The lowest BCUT2D eigenvalue weighted by Crippen LogP contribution is -2.31. The third-order valence-corrected chi connectivity index (χ3v) is 4.33.